The lowest BCUT2D eigenvalue weighted by atomic mass is 10.0. The van der Waals surface area contributed by atoms with Gasteiger partial charge in [-0.2, -0.15) is 0 Å². The van der Waals surface area contributed by atoms with Crippen LogP contribution in [-0.2, 0) is 4.79 Å². The molecule has 2 atom stereocenters. The number of thioether (sulfide) groups is 1. The van der Waals surface area contributed by atoms with Gasteiger partial charge >= 0.3 is 0 Å². The number of nitrogens with two attached hydrogens (primary N) is 1. The molecule has 5 N–H and O–H groups in total. The maximum atomic E-state index is 10.7. The summed E-state index contributed by atoms with van der Waals surface area (Å²) in [4.78, 5) is 10.7. The van der Waals surface area contributed by atoms with Gasteiger partial charge in [0.1, 0.15) is 6.10 Å². The Morgan fingerprint density at radius 2 is 2.22 bits per heavy atom. The molecule has 0 spiro atoms. The van der Waals surface area contributed by atoms with Crippen LogP contribution in [0.2, 0.25) is 0 Å². The highest BCUT2D eigenvalue weighted by Gasteiger charge is 2.18. The van der Waals surface area contributed by atoms with Crippen molar-refractivity contribution in [2.24, 2.45) is 5.84 Å². The number of nitrogens with one attached hydrogen (secondary N) is 1. The molecule has 0 heterocycles. The molecule has 0 bridgehead atoms. The van der Waals surface area contributed by atoms with E-state index in [0.29, 0.717) is 23.4 Å². The zero-order valence-electron chi connectivity index (χ0n) is 10.2. The molecule has 0 aliphatic carbocycles. The lowest BCUT2D eigenvalue weighted by Gasteiger charge is -2.18. The Labute approximate surface area is 110 Å². The Balaban J connectivity index is 2.56. The predicted molar refractivity (Wildman–Crippen MR) is 73.0 cm³/mol. The number of hydrazine groups is 1. The Bertz CT molecular complexity index is 401. The van der Waals surface area contributed by atoms with E-state index in [1.54, 1.807) is 24.3 Å². The molecular weight excluding hydrogens is 252 g/mol. The molecule has 2 unspecified atom stereocenters. The lowest BCUT2D eigenvalue weighted by molar-refractivity contribution is -0.109. The van der Waals surface area contributed by atoms with Crippen LogP contribution >= 0.6 is 11.8 Å². The highest BCUT2D eigenvalue weighted by atomic mass is 32.2. The predicted octanol–water partition coefficient (Wildman–Crippen LogP) is 1.04. The number of hydrogen-bond acceptors (Lipinski definition) is 6. The quantitative estimate of drug-likeness (QED) is 0.455. The van der Waals surface area contributed by atoms with E-state index in [1.807, 2.05) is 0 Å². The monoisotopic (exact) mass is 270 g/mol. The van der Waals surface area contributed by atoms with E-state index in [4.69, 9.17) is 5.84 Å². The van der Waals surface area contributed by atoms with Gasteiger partial charge in [0, 0.05) is 18.4 Å². The number of nitrogen functional groups attached to an aromatic ring is 1. The average molecular weight is 270 g/mol. The summed E-state index contributed by atoms with van der Waals surface area (Å²) in [6.07, 6.45) is -1.53. The zero-order chi connectivity index (χ0) is 13.5. The highest BCUT2D eigenvalue weighted by molar-refractivity contribution is 8.13. The van der Waals surface area contributed by atoms with E-state index in [0.717, 1.165) is 11.8 Å². The van der Waals surface area contributed by atoms with Gasteiger partial charge in [-0.15, -0.1) is 0 Å². The molecule has 6 heteroatoms. The molecule has 100 valence electrons. The first-order valence-electron chi connectivity index (χ1n) is 5.60. The van der Waals surface area contributed by atoms with Crippen molar-refractivity contribution in [3.05, 3.63) is 29.8 Å². The number of rotatable bonds is 6. The summed E-state index contributed by atoms with van der Waals surface area (Å²) in [6.45, 7) is 1.48. The Morgan fingerprint density at radius 3 is 2.83 bits per heavy atom. The second kappa shape index (κ2) is 7.38. The highest BCUT2D eigenvalue weighted by Crippen LogP contribution is 2.22. The summed E-state index contributed by atoms with van der Waals surface area (Å²) in [7, 11) is 0. The number of carbonyl (C=O) groups is 1. The number of carbonyl (C=O) groups excluding carboxylic acids is 1. The van der Waals surface area contributed by atoms with Crippen LogP contribution in [0, 0.1) is 0 Å². The number of anilines is 1. The summed E-state index contributed by atoms with van der Waals surface area (Å²) in [6, 6.07) is 6.89. The van der Waals surface area contributed by atoms with Crippen molar-refractivity contribution < 1.29 is 15.0 Å². The molecule has 0 saturated carbocycles. The van der Waals surface area contributed by atoms with Crippen LogP contribution in [-0.4, -0.2) is 27.2 Å². The third-order valence-corrected chi connectivity index (χ3v) is 3.32. The SMILES string of the molecule is CC(=O)SCCC(O)C(O)c1cccc(NN)c1. The van der Waals surface area contributed by atoms with Crippen LogP contribution in [0.5, 0.6) is 0 Å². The Hall–Kier alpha value is -1.08. The zero-order valence-corrected chi connectivity index (χ0v) is 11.0. The smallest absolute Gasteiger partial charge is 0.185 e. The first kappa shape index (κ1) is 15.0. The minimum atomic E-state index is -0.981. The van der Waals surface area contributed by atoms with Crippen molar-refractivity contribution in [2.45, 2.75) is 25.6 Å². The van der Waals surface area contributed by atoms with E-state index in [2.05, 4.69) is 5.43 Å². The van der Waals surface area contributed by atoms with Crippen LogP contribution in [0.15, 0.2) is 24.3 Å². The van der Waals surface area contributed by atoms with E-state index >= 15 is 0 Å². The van der Waals surface area contributed by atoms with Gasteiger partial charge < -0.3 is 15.6 Å². The van der Waals surface area contributed by atoms with Crippen LogP contribution in [0.25, 0.3) is 0 Å². The Morgan fingerprint density at radius 1 is 1.50 bits per heavy atom. The molecule has 5 nitrogen and oxygen atoms in total. The first-order valence-corrected chi connectivity index (χ1v) is 6.59. The van der Waals surface area contributed by atoms with E-state index < -0.39 is 12.2 Å². The molecule has 1 rings (SSSR count). The molecule has 0 fully saturated rings. The minimum absolute atomic E-state index is 0.00557. The lowest BCUT2D eigenvalue weighted by Crippen LogP contribution is -2.19. The third-order valence-electron chi connectivity index (χ3n) is 2.48. The van der Waals surface area contributed by atoms with Gasteiger partial charge in [0.2, 0.25) is 0 Å². The summed E-state index contributed by atoms with van der Waals surface area (Å²) in [5.74, 6) is 5.76. The fourth-order valence-electron chi connectivity index (χ4n) is 1.52. The van der Waals surface area contributed by atoms with Crippen molar-refractivity contribution in [2.75, 3.05) is 11.2 Å². The molecule has 0 amide bonds. The van der Waals surface area contributed by atoms with Crippen molar-refractivity contribution in [3.63, 3.8) is 0 Å². The first-order chi connectivity index (χ1) is 8.54. The third kappa shape index (κ3) is 4.66. The normalized spacial score (nSPS) is 14.0. The molecule has 1 aromatic carbocycles. The maximum Gasteiger partial charge on any atom is 0.185 e. The van der Waals surface area contributed by atoms with Gasteiger partial charge in [-0.25, -0.2) is 0 Å². The van der Waals surface area contributed by atoms with Crippen LogP contribution in [0.4, 0.5) is 5.69 Å². The van der Waals surface area contributed by atoms with Gasteiger partial charge in [-0.05, 0) is 24.1 Å². The molecule has 0 radical (unpaired) electrons. The second-order valence-corrected chi connectivity index (χ2v) is 5.18. The summed E-state index contributed by atoms with van der Waals surface area (Å²) >= 11 is 1.14. The average Bonchev–Trinajstić information content (AvgIpc) is 2.37. The van der Waals surface area contributed by atoms with E-state index in [9.17, 15) is 15.0 Å². The number of benzene rings is 1. The second-order valence-electron chi connectivity index (χ2n) is 3.91. The maximum absolute atomic E-state index is 10.7. The fourth-order valence-corrected chi connectivity index (χ4v) is 2.16. The van der Waals surface area contributed by atoms with Crippen LogP contribution < -0.4 is 11.3 Å². The molecule has 1 aromatic rings. The topological polar surface area (TPSA) is 95.6 Å². The number of aliphatic hydroxyl groups excluding tert-OH is 2. The van der Waals surface area contributed by atoms with Gasteiger partial charge in [-0.1, -0.05) is 23.9 Å². The standard InChI is InChI=1S/C12H18N2O3S/c1-8(15)18-6-5-11(16)12(17)9-3-2-4-10(7-9)14-13/h2-4,7,11-12,14,16-17H,5-6,13H2,1H3. The van der Waals surface area contributed by atoms with Crippen LogP contribution in [0.1, 0.15) is 25.0 Å². The summed E-state index contributed by atoms with van der Waals surface area (Å²) in [5.41, 5.74) is 3.73. The van der Waals surface area contributed by atoms with Crippen molar-refractivity contribution in [1.29, 1.82) is 0 Å². The summed E-state index contributed by atoms with van der Waals surface area (Å²) in [5, 5.41) is 19.8. The molecule has 0 saturated heterocycles. The van der Waals surface area contributed by atoms with Gasteiger partial charge in [0.25, 0.3) is 0 Å². The van der Waals surface area contributed by atoms with Gasteiger partial charge in [0.15, 0.2) is 5.12 Å². The van der Waals surface area contributed by atoms with E-state index in [-0.39, 0.29) is 5.12 Å². The van der Waals surface area contributed by atoms with Gasteiger partial charge in [-0.3, -0.25) is 10.6 Å². The van der Waals surface area contributed by atoms with Crippen molar-refractivity contribution in [3.8, 4) is 0 Å². The molecule has 18 heavy (non-hydrogen) atoms. The molecular formula is C12H18N2O3S. The Kier molecular flexibility index (Phi) is 6.14. The van der Waals surface area contributed by atoms with Crippen LogP contribution in [0.3, 0.4) is 0 Å². The van der Waals surface area contributed by atoms with Crippen molar-refractivity contribution in [1.82, 2.24) is 0 Å². The number of aliphatic hydroxyl groups is 2. The van der Waals surface area contributed by atoms with E-state index in [1.165, 1.54) is 6.92 Å². The molecule has 0 aliphatic rings. The largest absolute Gasteiger partial charge is 0.390 e. The van der Waals surface area contributed by atoms with Gasteiger partial charge in [0.05, 0.1) is 6.10 Å². The van der Waals surface area contributed by atoms with Crippen molar-refractivity contribution >= 4 is 22.6 Å². The summed E-state index contributed by atoms with van der Waals surface area (Å²) < 4.78 is 0. The minimum Gasteiger partial charge on any atom is -0.390 e. The molecule has 0 aromatic heterocycles. The molecule has 0 aliphatic heterocycles. The number of hydrogen-bond donors (Lipinski definition) is 4. The fraction of sp³-hybridized carbons (Fsp3) is 0.417.